The molecule has 0 aliphatic rings. The Morgan fingerprint density at radius 1 is 1.41 bits per heavy atom. The Morgan fingerprint density at radius 3 is 2.53 bits per heavy atom. The number of rotatable bonds is 3. The van der Waals surface area contributed by atoms with E-state index in [-0.39, 0.29) is 6.42 Å². The molecule has 1 rings (SSSR count). The summed E-state index contributed by atoms with van der Waals surface area (Å²) < 4.78 is 38.0. The lowest BCUT2D eigenvalue weighted by Crippen LogP contribution is -2.46. The first-order valence-electron chi connectivity index (χ1n) is 5.18. The highest BCUT2D eigenvalue weighted by molar-refractivity contribution is 5.73. The van der Waals surface area contributed by atoms with E-state index >= 15 is 0 Å². The molecule has 0 bridgehead atoms. The fourth-order valence-electron chi connectivity index (χ4n) is 1.57. The van der Waals surface area contributed by atoms with Crippen molar-refractivity contribution in [3.05, 3.63) is 35.4 Å². The van der Waals surface area contributed by atoms with E-state index < -0.39 is 18.1 Å². The van der Waals surface area contributed by atoms with Gasteiger partial charge in [0.05, 0.1) is 0 Å². The quantitative estimate of drug-likeness (QED) is 0.871. The molecule has 1 atom stereocenters. The first-order chi connectivity index (χ1) is 7.79. The van der Waals surface area contributed by atoms with E-state index in [1.54, 1.807) is 18.2 Å². The van der Waals surface area contributed by atoms with Crippen LogP contribution in [0.5, 0.6) is 0 Å². The van der Waals surface area contributed by atoms with Crippen molar-refractivity contribution in [1.82, 2.24) is 5.32 Å². The summed E-state index contributed by atoms with van der Waals surface area (Å²) in [5.41, 5.74) is 1.45. The molecule has 2 nitrogen and oxygen atoms in total. The van der Waals surface area contributed by atoms with Crippen molar-refractivity contribution in [3.63, 3.8) is 0 Å². The lowest BCUT2D eigenvalue weighted by atomic mass is 10.0. The van der Waals surface area contributed by atoms with Gasteiger partial charge in [-0.25, -0.2) is 0 Å². The summed E-state index contributed by atoms with van der Waals surface area (Å²) in [6, 6.07) is 4.98. The number of amides is 1. The average Bonchev–Trinajstić information content (AvgIpc) is 2.14. The molecule has 1 aromatic rings. The van der Waals surface area contributed by atoms with Crippen molar-refractivity contribution < 1.29 is 18.0 Å². The van der Waals surface area contributed by atoms with Crippen LogP contribution in [-0.4, -0.2) is 18.1 Å². The van der Waals surface area contributed by atoms with Crippen LogP contribution in [0.25, 0.3) is 0 Å². The summed E-state index contributed by atoms with van der Waals surface area (Å²) in [4.78, 5) is 10.7. The Balaban J connectivity index is 2.83. The summed E-state index contributed by atoms with van der Waals surface area (Å²) in [7, 11) is 0. The van der Waals surface area contributed by atoms with E-state index in [0.717, 1.165) is 12.5 Å². The molecule has 94 valence electrons. The second-order valence-electron chi connectivity index (χ2n) is 3.99. The molecule has 0 unspecified atom stereocenters. The van der Waals surface area contributed by atoms with Gasteiger partial charge in [0.2, 0.25) is 5.91 Å². The Bertz CT molecular complexity index is 401. The molecule has 0 heterocycles. The van der Waals surface area contributed by atoms with Gasteiger partial charge in [-0.2, -0.15) is 13.2 Å². The van der Waals surface area contributed by atoms with Crippen molar-refractivity contribution >= 4 is 5.91 Å². The van der Waals surface area contributed by atoms with Gasteiger partial charge in [0.1, 0.15) is 6.04 Å². The molecule has 0 saturated carbocycles. The molecule has 0 saturated heterocycles. The number of aryl methyl sites for hydroxylation is 1. The third kappa shape index (κ3) is 4.46. The van der Waals surface area contributed by atoms with Gasteiger partial charge in [0, 0.05) is 13.3 Å². The summed E-state index contributed by atoms with van der Waals surface area (Å²) in [6.45, 7) is 2.89. The first-order valence-corrected chi connectivity index (χ1v) is 5.18. The minimum absolute atomic E-state index is 0.245. The van der Waals surface area contributed by atoms with Gasteiger partial charge in [-0.1, -0.05) is 29.8 Å². The zero-order valence-corrected chi connectivity index (χ0v) is 9.64. The standard InChI is InChI=1S/C12H14F3NO/c1-8-4-3-5-10(6-8)7-11(12(13,14)15)16-9(2)17/h3-6,11H,7H2,1-2H3,(H,16,17)/t11-/m0/s1. The highest BCUT2D eigenvalue weighted by Crippen LogP contribution is 2.23. The average molecular weight is 245 g/mol. The number of carbonyl (C=O) groups excluding carboxylic acids is 1. The van der Waals surface area contributed by atoms with Gasteiger partial charge in [-0.3, -0.25) is 4.79 Å². The minimum Gasteiger partial charge on any atom is -0.344 e. The van der Waals surface area contributed by atoms with Crippen molar-refractivity contribution in [2.45, 2.75) is 32.5 Å². The molecule has 1 N–H and O–H groups in total. The molecule has 0 radical (unpaired) electrons. The fourth-order valence-corrected chi connectivity index (χ4v) is 1.57. The number of alkyl halides is 3. The lowest BCUT2D eigenvalue weighted by Gasteiger charge is -2.21. The molecule has 0 spiro atoms. The zero-order valence-electron chi connectivity index (χ0n) is 9.64. The lowest BCUT2D eigenvalue weighted by molar-refractivity contribution is -0.160. The third-order valence-electron chi connectivity index (χ3n) is 2.29. The third-order valence-corrected chi connectivity index (χ3v) is 2.29. The summed E-state index contributed by atoms with van der Waals surface area (Å²) in [6.07, 6.45) is -4.68. The number of halogens is 3. The smallest absolute Gasteiger partial charge is 0.344 e. The van der Waals surface area contributed by atoms with Crippen LogP contribution in [0.2, 0.25) is 0 Å². The Labute approximate surface area is 97.8 Å². The zero-order chi connectivity index (χ0) is 13.1. The van der Waals surface area contributed by atoms with Crippen molar-refractivity contribution in [2.75, 3.05) is 0 Å². The van der Waals surface area contributed by atoms with Crippen LogP contribution in [0.15, 0.2) is 24.3 Å². The predicted octanol–water partition coefficient (Wildman–Crippen LogP) is 2.60. The highest BCUT2D eigenvalue weighted by Gasteiger charge is 2.40. The molecule has 0 fully saturated rings. The maximum absolute atomic E-state index is 12.7. The maximum Gasteiger partial charge on any atom is 0.408 e. The Morgan fingerprint density at radius 2 is 2.06 bits per heavy atom. The molecule has 0 aliphatic carbocycles. The molecular weight excluding hydrogens is 231 g/mol. The Kier molecular flexibility index (Phi) is 4.15. The van der Waals surface area contributed by atoms with Crippen LogP contribution in [-0.2, 0) is 11.2 Å². The molecule has 0 aromatic heterocycles. The second kappa shape index (κ2) is 5.21. The maximum atomic E-state index is 12.7. The van der Waals surface area contributed by atoms with Gasteiger partial charge in [0.25, 0.3) is 0 Å². The van der Waals surface area contributed by atoms with Gasteiger partial charge >= 0.3 is 6.18 Å². The molecule has 0 aliphatic heterocycles. The van der Waals surface area contributed by atoms with E-state index in [9.17, 15) is 18.0 Å². The Hall–Kier alpha value is -1.52. The van der Waals surface area contributed by atoms with Crippen molar-refractivity contribution in [1.29, 1.82) is 0 Å². The normalized spacial score (nSPS) is 13.2. The van der Waals surface area contributed by atoms with E-state index in [1.165, 1.54) is 0 Å². The van der Waals surface area contributed by atoms with Crippen LogP contribution in [0.4, 0.5) is 13.2 Å². The fraction of sp³-hybridized carbons (Fsp3) is 0.417. The largest absolute Gasteiger partial charge is 0.408 e. The van der Waals surface area contributed by atoms with Crippen molar-refractivity contribution in [3.8, 4) is 0 Å². The van der Waals surface area contributed by atoms with E-state index in [0.29, 0.717) is 5.56 Å². The highest BCUT2D eigenvalue weighted by atomic mass is 19.4. The van der Waals surface area contributed by atoms with E-state index in [2.05, 4.69) is 0 Å². The predicted molar refractivity (Wildman–Crippen MR) is 58.5 cm³/mol. The minimum atomic E-state index is -4.44. The second-order valence-corrected chi connectivity index (χ2v) is 3.99. The SMILES string of the molecule is CC(=O)N[C@@H](Cc1cccc(C)c1)C(F)(F)F. The van der Waals surface area contributed by atoms with Gasteiger partial charge in [0.15, 0.2) is 0 Å². The van der Waals surface area contributed by atoms with Crippen molar-refractivity contribution in [2.24, 2.45) is 0 Å². The molecule has 5 heteroatoms. The summed E-state index contributed by atoms with van der Waals surface area (Å²) >= 11 is 0. The molecular formula is C12H14F3NO. The topological polar surface area (TPSA) is 29.1 Å². The number of carbonyl (C=O) groups is 1. The number of hydrogen-bond acceptors (Lipinski definition) is 1. The van der Waals surface area contributed by atoms with E-state index in [4.69, 9.17) is 0 Å². The van der Waals surface area contributed by atoms with Crippen LogP contribution in [0.3, 0.4) is 0 Å². The first kappa shape index (κ1) is 13.5. The van der Waals surface area contributed by atoms with Gasteiger partial charge < -0.3 is 5.32 Å². The van der Waals surface area contributed by atoms with Gasteiger partial charge in [-0.05, 0) is 12.5 Å². The summed E-state index contributed by atoms with van der Waals surface area (Å²) in [5, 5.41) is 1.92. The monoisotopic (exact) mass is 245 g/mol. The van der Waals surface area contributed by atoms with Crippen LogP contribution in [0, 0.1) is 6.92 Å². The van der Waals surface area contributed by atoms with Gasteiger partial charge in [-0.15, -0.1) is 0 Å². The number of benzene rings is 1. The van der Waals surface area contributed by atoms with Crippen LogP contribution >= 0.6 is 0 Å². The summed E-state index contributed by atoms with van der Waals surface area (Å²) in [5.74, 6) is -0.681. The van der Waals surface area contributed by atoms with E-state index in [1.807, 2.05) is 18.3 Å². The van der Waals surface area contributed by atoms with Crippen LogP contribution in [0.1, 0.15) is 18.1 Å². The molecule has 1 aromatic carbocycles. The number of nitrogens with one attached hydrogen (secondary N) is 1. The number of hydrogen-bond donors (Lipinski definition) is 1. The molecule has 1 amide bonds. The molecule has 17 heavy (non-hydrogen) atoms. The van der Waals surface area contributed by atoms with Crippen LogP contribution < -0.4 is 5.32 Å².